The number of rotatable bonds is 3. The van der Waals surface area contributed by atoms with Crippen molar-refractivity contribution in [2.45, 2.75) is 13.3 Å². The second kappa shape index (κ2) is 6.09. The SMILES string of the molecule is Cc1ccc(-c2cn3ccccc3n2)cc1NC(=O)[C@H]1CCOC1. The van der Waals surface area contributed by atoms with Crippen LogP contribution >= 0.6 is 0 Å². The Labute approximate surface area is 140 Å². The van der Waals surface area contributed by atoms with Crippen LogP contribution in [0.3, 0.4) is 0 Å². The molecule has 1 saturated heterocycles. The molecule has 0 unspecified atom stereocenters. The van der Waals surface area contributed by atoms with E-state index in [2.05, 4.69) is 10.3 Å². The topological polar surface area (TPSA) is 55.6 Å². The quantitative estimate of drug-likeness (QED) is 0.805. The fraction of sp³-hybridized carbons (Fsp3) is 0.263. The average molecular weight is 321 g/mol. The maximum atomic E-state index is 12.3. The molecule has 1 aliphatic heterocycles. The number of pyridine rings is 1. The molecule has 0 bridgehead atoms. The third-order valence-electron chi connectivity index (χ3n) is 4.46. The molecule has 4 rings (SSSR count). The molecule has 5 heteroatoms. The summed E-state index contributed by atoms with van der Waals surface area (Å²) in [6, 6.07) is 12.0. The molecule has 24 heavy (non-hydrogen) atoms. The van der Waals surface area contributed by atoms with Crippen molar-refractivity contribution in [2.75, 3.05) is 18.5 Å². The summed E-state index contributed by atoms with van der Waals surface area (Å²) in [6.45, 7) is 3.17. The van der Waals surface area contributed by atoms with Gasteiger partial charge in [0.15, 0.2) is 0 Å². The van der Waals surface area contributed by atoms with Gasteiger partial charge >= 0.3 is 0 Å². The van der Waals surface area contributed by atoms with E-state index in [0.29, 0.717) is 13.2 Å². The van der Waals surface area contributed by atoms with Gasteiger partial charge in [0, 0.05) is 30.3 Å². The predicted molar refractivity (Wildman–Crippen MR) is 92.9 cm³/mol. The van der Waals surface area contributed by atoms with E-state index in [1.54, 1.807) is 0 Å². The molecule has 0 radical (unpaired) electrons. The first-order valence-corrected chi connectivity index (χ1v) is 8.14. The molecule has 0 saturated carbocycles. The fourth-order valence-electron chi connectivity index (χ4n) is 2.97. The maximum Gasteiger partial charge on any atom is 0.229 e. The van der Waals surface area contributed by atoms with Gasteiger partial charge < -0.3 is 14.5 Å². The number of anilines is 1. The number of hydrogen-bond acceptors (Lipinski definition) is 3. The number of benzene rings is 1. The van der Waals surface area contributed by atoms with E-state index in [9.17, 15) is 4.79 Å². The first kappa shape index (κ1) is 14.9. The zero-order valence-electron chi connectivity index (χ0n) is 13.5. The number of aromatic nitrogens is 2. The van der Waals surface area contributed by atoms with E-state index >= 15 is 0 Å². The second-order valence-electron chi connectivity index (χ2n) is 6.17. The molecule has 3 aromatic rings. The van der Waals surface area contributed by atoms with Crippen molar-refractivity contribution in [2.24, 2.45) is 5.92 Å². The minimum atomic E-state index is -0.0525. The van der Waals surface area contributed by atoms with Crippen LogP contribution in [0.2, 0.25) is 0 Å². The van der Waals surface area contributed by atoms with Crippen molar-refractivity contribution in [1.29, 1.82) is 0 Å². The number of ether oxygens (including phenoxy) is 1. The number of amides is 1. The lowest BCUT2D eigenvalue weighted by atomic mass is 10.1. The number of hydrogen-bond donors (Lipinski definition) is 1. The van der Waals surface area contributed by atoms with Gasteiger partial charge in [0.25, 0.3) is 0 Å². The van der Waals surface area contributed by atoms with E-state index < -0.39 is 0 Å². The Morgan fingerprint density at radius 3 is 3.04 bits per heavy atom. The maximum absolute atomic E-state index is 12.3. The fourth-order valence-corrected chi connectivity index (χ4v) is 2.97. The lowest BCUT2D eigenvalue weighted by Gasteiger charge is -2.12. The number of nitrogens with one attached hydrogen (secondary N) is 1. The molecule has 2 aromatic heterocycles. The highest BCUT2D eigenvalue weighted by Crippen LogP contribution is 2.26. The Bertz CT molecular complexity index is 862. The third kappa shape index (κ3) is 2.78. The molecular weight excluding hydrogens is 302 g/mol. The second-order valence-corrected chi connectivity index (χ2v) is 6.17. The van der Waals surface area contributed by atoms with Crippen LogP contribution in [0.15, 0.2) is 48.8 Å². The van der Waals surface area contributed by atoms with Crippen LogP contribution < -0.4 is 5.32 Å². The molecule has 1 amide bonds. The van der Waals surface area contributed by atoms with Gasteiger partial charge in [-0.1, -0.05) is 18.2 Å². The Balaban J connectivity index is 1.64. The van der Waals surface area contributed by atoms with E-state index in [0.717, 1.165) is 34.6 Å². The van der Waals surface area contributed by atoms with Gasteiger partial charge in [0.2, 0.25) is 5.91 Å². The van der Waals surface area contributed by atoms with Crippen LogP contribution in [0.25, 0.3) is 16.9 Å². The van der Waals surface area contributed by atoms with E-state index in [-0.39, 0.29) is 11.8 Å². The summed E-state index contributed by atoms with van der Waals surface area (Å²) in [5.41, 5.74) is 4.65. The smallest absolute Gasteiger partial charge is 0.229 e. The Kier molecular flexibility index (Phi) is 3.78. The van der Waals surface area contributed by atoms with Gasteiger partial charge in [-0.3, -0.25) is 4.79 Å². The largest absolute Gasteiger partial charge is 0.381 e. The summed E-state index contributed by atoms with van der Waals surface area (Å²) in [4.78, 5) is 17.0. The van der Waals surface area contributed by atoms with Crippen molar-refractivity contribution in [3.8, 4) is 11.3 Å². The number of fused-ring (bicyclic) bond motifs is 1. The zero-order valence-corrected chi connectivity index (χ0v) is 13.5. The normalized spacial score (nSPS) is 17.3. The zero-order chi connectivity index (χ0) is 16.5. The van der Waals surface area contributed by atoms with Crippen LogP contribution in [0, 0.1) is 12.8 Å². The number of nitrogens with zero attached hydrogens (tertiary/aromatic N) is 2. The Morgan fingerprint density at radius 2 is 2.25 bits per heavy atom. The molecule has 1 atom stereocenters. The number of carbonyl (C=O) groups is 1. The molecule has 1 N–H and O–H groups in total. The molecule has 0 aliphatic carbocycles. The highest BCUT2D eigenvalue weighted by atomic mass is 16.5. The summed E-state index contributed by atoms with van der Waals surface area (Å²) in [6.07, 6.45) is 4.76. The predicted octanol–water partition coefficient (Wildman–Crippen LogP) is 3.28. The van der Waals surface area contributed by atoms with Gasteiger partial charge in [0.05, 0.1) is 18.2 Å². The summed E-state index contributed by atoms with van der Waals surface area (Å²) < 4.78 is 7.29. The summed E-state index contributed by atoms with van der Waals surface area (Å²) in [7, 11) is 0. The molecule has 0 spiro atoms. The number of aryl methyl sites for hydroxylation is 1. The summed E-state index contributed by atoms with van der Waals surface area (Å²) in [5, 5.41) is 3.04. The standard InChI is InChI=1S/C19H19N3O2/c1-13-5-6-14(17-11-22-8-3-2-4-18(22)20-17)10-16(13)21-19(23)15-7-9-24-12-15/h2-6,8,10-11,15H,7,9,12H2,1H3,(H,21,23)/t15-/m0/s1. The monoisotopic (exact) mass is 321 g/mol. The third-order valence-corrected chi connectivity index (χ3v) is 4.46. The Morgan fingerprint density at radius 1 is 1.33 bits per heavy atom. The number of carbonyl (C=O) groups excluding carboxylic acids is 1. The average Bonchev–Trinajstić information content (AvgIpc) is 3.26. The van der Waals surface area contributed by atoms with Gasteiger partial charge in [-0.25, -0.2) is 4.98 Å². The highest BCUT2D eigenvalue weighted by molar-refractivity contribution is 5.94. The highest BCUT2D eigenvalue weighted by Gasteiger charge is 2.24. The van der Waals surface area contributed by atoms with Crippen LogP contribution in [-0.4, -0.2) is 28.5 Å². The van der Waals surface area contributed by atoms with Crippen molar-refractivity contribution in [1.82, 2.24) is 9.38 Å². The lowest BCUT2D eigenvalue weighted by molar-refractivity contribution is -0.119. The minimum absolute atomic E-state index is 0.0303. The number of imidazole rings is 1. The molecular formula is C19H19N3O2. The first-order valence-electron chi connectivity index (χ1n) is 8.14. The molecule has 5 nitrogen and oxygen atoms in total. The molecule has 3 heterocycles. The van der Waals surface area contributed by atoms with Gasteiger partial charge in [-0.2, -0.15) is 0 Å². The summed E-state index contributed by atoms with van der Waals surface area (Å²) in [5.74, 6) is -0.0222. The molecule has 1 aliphatic rings. The lowest BCUT2D eigenvalue weighted by Crippen LogP contribution is -2.23. The van der Waals surface area contributed by atoms with Crippen LogP contribution in [0.1, 0.15) is 12.0 Å². The Hall–Kier alpha value is -2.66. The minimum Gasteiger partial charge on any atom is -0.381 e. The van der Waals surface area contributed by atoms with Crippen molar-refractivity contribution < 1.29 is 9.53 Å². The van der Waals surface area contributed by atoms with Crippen molar-refractivity contribution >= 4 is 17.2 Å². The van der Waals surface area contributed by atoms with Crippen LogP contribution in [-0.2, 0) is 9.53 Å². The van der Waals surface area contributed by atoms with E-state index in [1.165, 1.54) is 0 Å². The summed E-state index contributed by atoms with van der Waals surface area (Å²) >= 11 is 0. The molecule has 1 fully saturated rings. The molecule has 122 valence electrons. The van der Waals surface area contributed by atoms with E-state index in [1.807, 2.05) is 60.1 Å². The first-order chi connectivity index (χ1) is 11.7. The van der Waals surface area contributed by atoms with Gasteiger partial charge in [-0.15, -0.1) is 0 Å². The van der Waals surface area contributed by atoms with Crippen molar-refractivity contribution in [3.05, 3.63) is 54.4 Å². The van der Waals surface area contributed by atoms with Gasteiger partial charge in [0.1, 0.15) is 5.65 Å². The van der Waals surface area contributed by atoms with Crippen LogP contribution in [0.4, 0.5) is 5.69 Å². The van der Waals surface area contributed by atoms with Crippen molar-refractivity contribution in [3.63, 3.8) is 0 Å². The van der Waals surface area contributed by atoms with Crippen LogP contribution in [0.5, 0.6) is 0 Å². The molecule has 1 aromatic carbocycles. The van der Waals surface area contributed by atoms with Gasteiger partial charge in [-0.05, 0) is 37.1 Å². The van der Waals surface area contributed by atoms with E-state index in [4.69, 9.17) is 4.74 Å².